The lowest BCUT2D eigenvalue weighted by Crippen LogP contribution is -2.29. The summed E-state index contributed by atoms with van der Waals surface area (Å²) in [6, 6.07) is 15.3. The van der Waals surface area contributed by atoms with Gasteiger partial charge in [0, 0.05) is 12.6 Å². The van der Waals surface area contributed by atoms with Gasteiger partial charge in [0.05, 0.1) is 10.2 Å². The second-order valence-electron chi connectivity index (χ2n) is 5.09. The van der Waals surface area contributed by atoms with Gasteiger partial charge in [0.25, 0.3) is 11.1 Å². The highest BCUT2D eigenvalue weighted by Gasteiger charge is 2.17. The molecule has 0 atom stereocenters. The predicted molar refractivity (Wildman–Crippen MR) is 98.0 cm³/mol. The third-order valence-electron chi connectivity index (χ3n) is 3.52. The van der Waals surface area contributed by atoms with Crippen molar-refractivity contribution < 1.29 is 14.4 Å². The number of carbonyl (C=O) groups excluding carboxylic acids is 1. The normalized spacial score (nSPS) is 11.4. The molecule has 0 unspecified atom stereocenters. The third kappa shape index (κ3) is 3.77. The molecule has 7 heteroatoms. The Balaban J connectivity index is 1.85. The Morgan fingerprint density at radius 2 is 1.96 bits per heavy atom. The summed E-state index contributed by atoms with van der Waals surface area (Å²) in [7, 11) is 2.96. The largest absolute Gasteiger partial charge is 0.465 e. The molecular weight excluding hydrogens is 338 g/mol. The number of amides is 1. The van der Waals surface area contributed by atoms with Crippen molar-refractivity contribution in [3.8, 4) is 5.19 Å². The molecule has 6 nitrogen and oxygen atoms in total. The average Bonchev–Trinajstić information content (AvgIpc) is 3.07. The molecule has 3 aromatic rings. The summed E-state index contributed by atoms with van der Waals surface area (Å²) in [5.74, 6) is -0.325. The molecule has 0 aliphatic carbocycles. The number of thiazole rings is 1. The van der Waals surface area contributed by atoms with Gasteiger partial charge in [-0.15, -0.1) is 0 Å². The lowest BCUT2D eigenvalue weighted by molar-refractivity contribution is -0.114. The van der Waals surface area contributed by atoms with Gasteiger partial charge in [-0.25, -0.2) is 4.98 Å². The lowest BCUT2D eigenvalue weighted by Gasteiger charge is -2.10. The lowest BCUT2D eigenvalue weighted by atomic mass is 10.0. The van der Waals surface area contributed by atoms with Crippen LogP contribution in [0.3, 0.4) is 0 Å². The maximum absolute atomic E-state index is 12.1. The van der Waals surface area contributed by atoms with Gasteiger partial charge in [0.15, 0.2) is 5.71 Å². The first-order chi connectivity index (χ1) is 12.2. The van der Waals surface area contributed by atoms with Crippen LogP contribution in [0.1, 0.15) is 11.1 Å². The molecule has 1 heterocycles. The molecule has 1 N–H and O–H groups in total. The van der Waals surface area contributed by atoms with Crippen molar-refractivity contribution in [1.82, 2.24) is 10.3 Å². The number of nitrogens with zero attached hydrogens (tertiary/aromatic N) is 2. The van der Waals surface area contributed by atoms with E-state index in [0.29, 0.717) is 10.8 Å². The monoisotopic (exact) mass is 355 g/mol. The zero-order chi connectivity index (χ0) is 17.6. The first-order valence-corrected chi connectivity index (χ1v) is 8.44. The number of fused-ring (bicyclic) bond motifs is 1. The SMILES string of the molecule is CNC(=O)C(=NOC)c1ccccc1COc1nc2ccccc2s1. The van der Waals surface area contributed by atoms with Crippen LogP contribution in [0.2, 0.25) is 0 Å². The summed E-state index contributed by atoms with van der Waals surface area (Å²) in [5.41, 5.74) is 2.59. The highest BCUT2D eigenvalue weighted by molar-refractivity contribution is 7.20. The van der Waals surface area contributed by atoms with Crippen LogP contribution < -0.4 is 10.1 Å². The number of ether oxygens (including phenoxy) is 1. The van der Waals surface area contributed by atoms with Gasteiger partial charge < -0.3 is 14.9 Å². The Labute approximate surface area is 149 Å². The van der Waals surface area contributed by atoms with Gasteiger partial charge in [0.1, 0.15) is 13.7 Å². The second kappa shape index (κ2) is 7.76. The highest BCUT2D eigenvalue weighted by atomic mass is 32.1. The molecular formula is C18H17N3O3S. The van der Waals surface area contributed by atoms with Crippen LogP contribution in [0.25, 0.3) is 10.2 Å². The molecule has 1 aromatic heterocycles. The fraction of sp³-hybridized carbons (Fsp3) is 0.167. The molecule has 1 amide bonds. The first-order valence-electron chi connectivity index (χ1n) is 7.63. The minimum atomic E-state index is -0.325. The quantitative estimate of drug-likeness (QED) is 0.545. The molecule has 0 bridgehead atoms. The van der Waals surface area contributed by atoms with E-state index in [-0.39, 0.29) is 18.2 Å². The van der Waals surface area contributed by atoms with Crippen molar-refractivity contribution in [2.45, 2.75) is 6.61 Å². The fourth-order valence-corrected chi connectivity index (χ4v) is 3.17. The van der Waals surface area contributed by atoms with Gasteiger partial charge >= 0.3 is 0 Å². The number of carbonyl (C=O) groups is 1. The number of oxime groups is 1. The van der Waals surface area contributed by atoms with Crippen LogP contribution in [-0.2, 0) is 16.2 Å². The van der Waals surface area contributed by atoms with E-state index in [9.17, 15) is 4.79 Å². The van der Waals surface area contributed by atoms with Crippen molar-refractivity contribution in [1.29, 1.82) is 0 Å². The molecule has 0 saturated carbocycles. The zero-order valence-electron chi connectivity index (χ0n) is 13.9. The Morgan fingerprint density at radius 1 is 1.20 bits per heavy atom. The van der Waals surface area contributed by atoms with Gasteiger partial charge in [-0.2, -0.15) is 0 Å². The summed E-state index contributed by atoms with van der Waals surface area (Å²) in [4.78, 5) is 21.3. The summed E-state index contributed by atoms with van der Waals surface area (Å²) < 4.78 is 6.91. The van der Waals surface area contributed by atoms with E-state index >= 15 is 0 Å². The van der Waals surface area contributed by atoms with Crippen LogP contribution in [0.15, 0.2) is 53.7 Å². The molecule has 25 heavy (non-hydrogen) atoms. The van der Waals surface area contributed by atoms with Gasteiger partial charge in [-0.3, -0.25) is 4.79 Å². The standard InChI is InChI=1S/C18H17N3O3S/c1-19-17(22)16(21-23-2)13-8-4-3-7-12(13)11-24-18-20-14-9-5-6-10-15(14)25-18/h3-10H,11H2,1-2H3,(H,19,22). The molecule has 0 saturated heterocycles. The minimum absolute atomic E-state index is 0.202. The minimum Gasteiger partial charge on any atom is -0.465 e. The number of hydrogen-bond donors (Lipinski definition) is 1. The van der Waals surface area contributed by atoms with E-state index < -0.39 is 0 Å². The summed E-state index contributed by atoms with van der Waals surface area (Å²) in [6.07, 6.45) is 0. The number of hydrogen-bond acceptors (Lipinski definition) is 6. The maximum Gasteiger partial charge on any atom is 0.274 e. The average molecular weight is 355 g/mol. The summed E-state index contributed by atoms with van der Waals surface area (Å²) >= 11 is 1.48. The number of aromatic nitrogens is 1. The van der Waals surface area contributed by atoms with E-state index in [4.69, 9.17) is 9.57 Å². The Kier molecular flexibility index (Phi) is 5.25. The zero-order valence-corrected chi connectivity index (χ0v) is 14.7. The number of rotatable bonds is 6. The Bertz CT molecular complexity index is 888. The van der Waals surface area contributed by atoms with Crippen molar-refractivity contribution in [2.24, 2.45) is 5.16 Å². The van der Waals surface area contributed by atoms with E-state index in [0.717, 1.165) is 15.8 Å². The summed E-state index contributed by atoms with van der Waals surface area (Å²) in [6.45, 7) is 0.274. The predicted octanol–water partition coefficient (Wildman–Crippen LogP) is 2.97. The van der Waals surface area contributed by atoms with Crippen LogP contribution in [0, 0.1) is 0 Å². The second-order valence-corrected chi connectivity index (χ2v) is 6.09. The molecule has 0 spiro atoms. The Hall–Kier alpha value is -2.93. The molecule has 0 radical (unpaired) electrons. The third-order valence-corrected chi connectivity index (χ3v) is 4.47. The number of para-hydroxylation sites is 1. The smallest absolute Gasteiger partial charge is 0.274 e. The van der Waals surface area contributed by atoms with E-state index in [1.165, 1.54) is 18.4 Å². The van der Waals surface area contributed by atoms with Gasteiger partial charge in [0.2, 0.25) is 0 Å². The summed E-state index contributed by atoms with van der Waals surface area (Å²) in [5, 5.41) is 7.00. The topological polar surface area (TPSA) is 72.8 Å². The van der Waals surface area contributed by atoms with Crippen LogP contribution in [-0.4, -0.2) is 30.8 Å². The van der Waals surface area contributed by atoms with Crippen LogP contribution in [0.4, 0.5) is 0 Å². The van der Waals surface area contributed by atoms with Crippen LogP contribution in [0.5, 0.6) is 5.19 Å². The number of likely N-dealkylation sites (N-methyl/N-ethyl adjacent to an activating group) is 1. The van der Waals surface area contributed by atoms with Gasteiger partial charge in [-0.1, -0.05) is 52.9 Å². The first kappa shape index (κ1) is 16.9. The molecule has 128 valence electrons. The molecule has 0 aliphatic rings. The van der Waals surface area contributed by atoms with E-state index in [1.54, 1.807) is 7.05 Å². The number of benzene rings is 2. The Morgan fingerprint density at radius 3 is 2.72 bits per heavy atom. The van der Waals surface area contributed by atoms with E-state index in [1.807, 2.05) is 48.5 Å². The van der Waals surface area contributed by atoms with Gasteiger partial charge in [-0.05, 0) is 17.7 Å². The molecule has 0 aliphatic heterocycles. The van der Waals surface area contributed by atoms with Crippen molar-refractivity contribution in [3.63, 3.8) is 0 Å². The van der Waals surface area contributed by atoms with E-state index in [2.05, 4.69) is 15.5 Å². The highest BCUT2D eigenvalue weighted by Crippen LogP contribution is 2.28. The van der Waals surface area contributed by atoms with Crippen molar-refractivity contribution >= 4 is 33.2 Å². The molecule has 3 rings (SSSR count). The van der Waals surface area contributed by atoms with Crippen molar-refractivity contribution in [3.05, 3.63) is 59.7 Å². The fourth-order valence-electron chi connectivity index (χ4n) is 2.35. The number of nitrogens with one attached hydrogen (secondary N) is 1. The van der Waals surface area contributed by atoms with Crippen LogP contribution >= 0.6 is 11.3 Å². The van der Waals surface area contributed by atoms with Crippen molar-refractivity contribution in [2.75, 3.05) is 14.2 Å². The molecule has 0 fully saturated rings. The molecule has 2 aromatic carbocycles. The maximum atomic E-state index is 12.1.